The second kappa shape index (κ2) is 8.95. The Labute approximate surface area is 169 Å². The van der Waals surface area contributed by atoms with E-state index in [4.69, 9.17) is 14.0 Å². The molecule has 3 rings (SSSR count). The van der Waals surface area contributed by atoms with Crippen molar-refractivity contribution in [2.75, 3.05) is 47.4 Å². The Morgan fingerprint density at radius 1 is 1.14 bits per heavy atom. The van der Waals surface area contributed by atoms with Crippen LogP contribution in [-0.2, 0) is 4.79 Å². The van der Waals surface area contributed by atoms with Gasteiger partial charge in [-0.15, -0.1) is 0 Å². The SMILES string of the molecule is COc1ccc(-c2cc(C(=O)NC(C)C(=O)N3CCN(C)CC3)no2)c(OC)c1. The van der Waals surface area contributed by atoms with Gasteiger partial charge >= 0.3 is 0 Å². The highest BCUT2D eigenvalue weighted by Gasteiger charge is 2.26. The number of nitrogens with zero attached hydrogens (tertiary/aromatic N) is 3. The maximum Gasteiger partial charge on any atom is 0.274 e. The first-order valence-corrected chi connectivity index (χ1v) is 9.40. The van der Waals surface area contributed by atoms with E-state index < -0.39 is 11.9 Å². The summed E-state index contributed by atoms with van der Waals surface area (Å²) in [7, 11) is 5.12. The number of hydrogen-bond donors (Lipinski definition) is 1. The van der Waals surface area contributed by atoms with E-state index in [1.807, 2.05) is 7.05 Å². The molecule has 29 heavy (non-hydrogen) atoms. The zero-order valence-corrected chi connectivity index (χ0v) is 17.1. The van der Waals surface area contributed by atoms with Gasteiger partial charge in [-0.25, -0.2) is 0 Å². The summed E-state index contributed by atoms with van der Waals surface area (Å²) in [6, 6.07) is 6.11. The predicted octanol–water partition coefficient (Wildman–Crippen LogP) is 1.25. The van der Waals surface area contributed by atoms with E-state index in [1.165, 1.54) is 13.2 Å². The molecule has 1 aliphatic heterocycles. The number of likely N-dealkylation sites (N-methyl/N-ethyl adjacent to an activating group) is 1. The second-order valence-electron chi connectivity index (χ2n) is 6.97. The van der Waals surface area contributed by atoms with Gasteiger partial charge in [-0.2, -0.15) is 0 Å². The lowest BCUT2D eigenvalue weighted by atomic mass is 10.1. The number of hydrogen-bond acceptors (Lipinski definition) is 7. The summed E-state index contributed by atoms with van der Waals surface area (Å²) in [5, 5.41) is 6.54. The quantitative estimate of drug-likeness (QED) is 0.777. The summed E-state index contributed by atoms with van der Waals surface area (Å²) in [6.07, 6.45) is 0. The molecular weight excluding hydrogens is 376 g/mol. The second-order valence-corrected chi connectivity index (χ2v) is 6.97. The van der Waals surface area contributed by atoms with Crippen LogP contribution in [0.2, 0.25) is 0 Å². The number of rotatable bonds is 6. The zero-order chi connectivity index (χ0) is 21.0. The van der Waals surface area contributed by atoms with Crippen molar-refractivity contribution in [3.8, 4) is 22.8 Å². The van der Waals surface area contributed by atoms with E-state index in [9.17, 15) is 9.59 Å². The number of ether oxygens (including phenoxy) is 2. The van der Waals surface area contributed by atoms with Gasteiger partial charge in [0.05, 0.1) is 19.8 Å². The first-order chi connectivity index (χ1) is 13.9. The van der Waals surface area contributed by atoms with E-state index in [0.717, 1.165) is 13.1 Å². The number of nitrogens with one attached hydrogen (secondary N) is 1. The molecule has 9 nitrogen and oxygen atoms in total. The summed E-state index contributed by atoms with van der Waals surface area (Å²) < 4.78 is 15.9. The first kappa shape index (κ1) is 20.7. The van der Waals surface area contributed by atoms with Crippen LogP contribution in [0.15, 0.2) is 28.8 Å². The Kier molecular flexibility index (Phi) is 6.38. The Balaban J connectivity index is 1.67. The van der Waals surface area contributed by atoms with Crippen molar-refractivity contribution in [3.63, 3.8) is 0 Å². The maximum atomic E-state index is 12.6. The summed E-state index contributed by atoms with van der Waals surface area (Å²) in [5.41, 5.74) is 0.734. The first-order valence-electron chi connectivity index (χ1n) is 9.40. The van der Waals surface area contributed by atoms with E-state index in [2.05, 4.69) is 15.4 Å². The van der Waals surface area contributed by atoms with E-state index in [-0.39, 0.29) is 11.6 Å². The van der Waals surface area contributed by atoms with Crippen molar-refractivity contribution in [2.24, 2.45) is 0 Å². The normalized spacial score (nSPS) is 15.7. The molecule has 0 bridgehead atoms. The molecule has 9 heteroatoms. The van der Waals surface area contributed by atoms with Crippen LogP contribution in [0.3, 0.4) is 0 Å². The van der Waals surface area contributed by atoms with E-state index >= 15 is 0 Å². The van der Waals surface area contributed by atoms with Crippen LogP contribution in [0.5, 0.6) is 11.5 Å². The molecule has 0 aliphatic carbocycles. The number of aromatic nitrogens is 1. The smallest absolute Gasteiger partial charge is 0.274 e. The van der Waals surface area contributed by atoms with Crippen molar-refractivity contribution in [1.29, 1.82) is 0 Å². The lowest BCUT2D eigenvalue weighted by Crippen LogP contribution is -2.53. The van der Waals surface area contributed by atoms with Crippen molar-refractivity contribution < 1.29 is 23.6 Å². The van der Waals surface area contributed by atoms with Crippen molar-refractivity contribution in [3.05, 3.63) is 30.0 Å². The molecule has 1 aliphatic rings. The van der Waals surface area contributed by atoms with Crippen LogP contribution in [-0.4, -0.2) is 80.3 Å². The van der Waals surface area contributed by atoms with Gasteiger partial charge in [0.2, 0.25) is 5.91 Å². The molecule has 1 atom stereocenters. The number of carbonyl (C=O) groups is 2. The molecule has 1 N–H and O–H groups in total. The highest BCUT2D eigenvalue weighted by molar-refractivity contribution is 5.96. The van der Waals surface area contributed by atoms with Crippen LogP contribution in [0.4, 0.5) is 0 Å². The van der Waals surface area contributed by atoms with Crippen molar-refractivity contribution in [1.82, 2.24) is 20.3 Å². The monoisotopic (exact) mass is 402 g/mol. The number of carbonyl (C=O) groups excluding carboxylic acids is 2. The van der Waals surface area contributed by atoms with Crippen LogP contribution in [0, 0.1) is 0 Å². The zero-order valence-electron chi connectivity index (χ0n) is 17.1. The minimum Gasteiger partial charge on any atom is -0.497 e. The highest BCUT2D eigenvalue weighted by atomic mass is 16.5. The highest BCUT2D eigenvalue weighted by Crippen LogP contribution is 2.33. The van der Waals surface area contributed by atoms with Crippen LogP contribution in [0.1, 0.15) is 17.4 Å². The van der Waals surface area contributed by atoms with Gasteiger partial charge < -0.3 is 29.1 Å². The van der Waals surface area contributed by atoms with Crippen LogP contribution in [0.25, 0.3) is 11.3 Å². The van der Waals surface area contributed by atoms with Gasteiger partial charge in [-0.05, 0) is 26.1 Å². The van der Waals surface area contributed by atoms with Gasteiger partial charge in [-0.1, -0.05) is 5.16 Å². The van der Waals surface area contributed by atoms with Gasteiger partial charge in [0, 0.05) is 38.3 Å². The summed E-state index contributed by atoms with van der Waals surface area (Å²) in [5.74, 6) is 0.979. The van der Waals surface area contributed by atoms with Crippen molar-refractivity contribution >= 4 is 11.8 Å². The molecule has 1 unspecified atom stereocenters. The molecule has 0 saturated carbocycles. The lowest BCUT2D eigenvalue weighted by molar-refractivity contribution is -0.134. The fourth-order valence-electron chi connectivity index (χ4n) is 3.14. The molecule has 2 aromatic rings. The van der Waals surface area contributed by atoms with Gasteiger partial charge in [0.15, 0.2) is 11.5 Å². The molecular formula is C20H26N4O5. The topological polar surface area (TPSA) is 97.1 Å². The van der Waals surface area contributed by atoms with Gasteiger partial charge in [0.25, 0.3) is 5.91 Å². The van der Waals surface area contributed by atoms with E-state index in [1.54, 1.807) is 37.1 Å². The maximum absolute atomic E-state index is 12.6. The molecule has 1 fully saturated rings. The fraction of sp³-hybridized carbons (Fsp3) is 0.450. The molecule has 2 heterocycles. The number of methoxy groups -OCH3 is 2. The summed E-state index contributed by atoms with van der Waals surface area (Å²) in [6.45, 7) is 4.62. The summed E-state index contributed by atoms with van der Waals surface area (Å²) in [4.78, 5) is 29.0. The Morgan fingerprint density at radius 3 is 2.52 bits per heavy atom. The number of piperazine rings is 1. The lowest BCUT2D eigenvalue weighted by Gasteiger charge is -2.34. The average Bonchev–Trinajstić information content (AvgIpc) is 3.23. The minimum absolute atomic E-state index is 0.0934. The molecule has 1 aromatic heterocycles. The standard InChI is InChI=1S/C20H26N4O5/c1-13(20(26)24-9-7-23(2)8-10-24)21-19(25)16-12-18(29-22-16)15-6-5-14(27-3)11-17(15)28-4/h5-6,11-13H,7-10H2,1-4H3,(H,21,25). The Morgan fingerprint density at radius 2 is 1.86 bits per heavy atom. The number of benzene rings is 1. The Bertz CT molecular complexity index is 874. The molecule has 2 amide bonds. The predicted molar refractivity (Wildman–Crippen MR) is 106 cm³/mol. The molecule has 0 radical (unpaired) electrons. The molecule has 1 saturated heterocycles. The van der Waals surface area contributed by atoms with E-state index in [0.29, 0.717) is 35.9 Å². The van der Waals surface area contributed by atoms with Gasteiger partial charge in [-0.3, -0.25) is 9.59 Å². The van der Waals surface area contributed by atoms with Crippen molar-refractivity contribution in [2.45, 2.75) is 13.0 Å². The minimum atomic E-state index is -0.651. The van der Waals surface area contributed by atoms with Crippen LogP contribution >= 0.6 is 0 Å². The Hall–Kier alpha value is -3.07. The largest absolute Gasteiger partial charge is 0.497 e. The third-order valence-corrected chi connectivity index (χ3v) is 4.95. The molecule has 156 valence electrons. The third-order valence-electron chi connectivity index (χ3n) is 4.95. The molecule has 1 aromatic carbocycles. The van der Waals surface area contributed by atoms with Gasteiger partial charge in [0.1, 0.15) is 17.5 Å². The third kappa shape index (κ3) is 4.68. The average molecular weight is 402 g/mol. The molecule has 0 spiro atoms. The fourth-order valence-corrected chi connectivity index (χ4v) is 3.14. The number of amides is 2. The van der Waals surface area contributed by atoms with Crippen LogP contribution < -0.4 is 14.8 Å². The summed E-state index contributed by atoms with van der Waals surface area (Å²) >= 11 is 0.